The summed E-state index contributed by atoms with van der Waals surface area (Å²) in [6.45, 7) is 0.997. The van der Waals surface area contributed by atoms with Crippen LogP contribution in [0.15, 0.2) is 10.8 Å². The van der Waals surface area contributed by atoms with Crippen LogP contribution < -0.4 is 4.74 Å². The molecule has 1 unspecified atom stereocenters. The van der Waals surface area contributed by atoms with Crippen LogP contribution >= 0.6 is 27.7 Å². The molecule has 78 valence electrons. The van der Waals surface area contributed by atoms with E-state index in [1.807, 2.05) is 16.4 Å². The highest BCUT2D eigenvalue weighted by Gasteiger charge is 2.18. The fraction of sp³-hybridized carbons (Fsp3) is 0.667. The number of nitrogens with zero attached hydrogens (tertiary/aromatic N) is 2. The van der Waals surface area contributed by atoms with Crippen molar-refractivity contribution in [1.82, 2.24) is 9.78 Å². The van der Waals surface area contributed by atoms with Crippen LogP contribution in [0.3, 0.4) is 0 Å². The minimum absolute atomic E-state index is 0.765. The van der Waals surface area contributed by atoms with Crippen molar-refractivity contribution >= 4 is 27.7 Å². The summed E-state index contributed by atoms with van der Waals surface area (Å²) in [6.07, 6.45) is 3.06. The zero-order chi connectivity index (χ0) is 9.97. The molecule has 5 heteroatoms. The molecule has 0 saturated carbocycles. The third-order valence-electron chi connectivity index (χ3n) is 2.42. The van der Waals surface area contributed by atoms with Gasteiger partial charge in [0, 0.05) is 6.54 Å². The minimum Gasteiger partial charge on any atom is -0.492 e. The zero-order valence-electron chi connectivity index (χ0n) is 8.07. The first-order valence-corrected chi connectivity index (χ1v) is 6.59. The third-order valence-corrected chi connectivity index (χ3v) is 4.45. The Hall–Kier alpha value is -0.160. The number of hydrogen-bond acceptors (Lipinski definition) is 3. The second-order valence-electron chi connectivity index (χ2n) is 3.42. The Morgan fingerprint density at radius 1 is 1.79 bits per heavy atom. The molecule has 1 aromatic rings. The van der Waals surface area contributed by atoms with E-state index in [0.717, 1.165) is 22.8 Å². The van der Waals surface area contributed by atoms with Gasteiger partial charge in [0.15, 0.2) is 5.75 Å². The summed E-state index contributed by atoms with van der Waals surface area (Å²) in [7, 11) is 1.66. The van der Waals surface area contributed by atoms with Crippen molar-refractivity contribution in [3.63, 3.8) is 0 Å². The van der Waals surface area contributed by atoms with Crippen molar-refractivity contribution in [3.05, 3.63) is 10.8 Å². The van der Waals surface area contributed by atoms with Crippen molar-refractivity contribution in [3.8, 4) is 5.75 Å². The largest absolute Gasteiger partial charge is 0.492 e. The first kappa shape index (κ1) is 10.4. The minimum atomic E-state index is 0.765. The summed E-state index contributed by atoms with van der Waals surface area (Å²) < 4.78 is 8.09. The predicted octanol–water partition coefficient (Wildman–Crippen LogP) is 2.41. The van der Waals surface area contributed by atoms with Crippen molar-refractivity contribution in [2.24, 2.45) is 5.92 Å². The van der Waals surface area contributed by atoms with E-state index >= 15 is 0 Å². The van der Waals surface area contributed by atoms with Crippen LogP contribution in [0.4, 0.5) is 0 Å². The summed E-state index contributed by atoms with van der Waals surface area (Å²) >= 11 is 5.52. The molecular formula is C9H13BrN2OS. The molecule has 0 amide bonds. The molecule has 1 fully saturated rings. The smallest absolute Gasteiger partial charge is 0.171 e. The van der Waals surface area contributed by atoms with E-state index in [4.69, 9.17) is 4.74 Å². The van der Waals surface area contributed by atoms with E-state index < -0.39 is 0 Å². The molecule has 0 aliphatic carbocycles. The van der Waals surface area contributed by atoms with Crippen molar-refractivity contribution in [1.29, 1.82) is 0 Å². The van der Waals surface area contributed by atoms with Crippen LogP contribution in [0, 0.1) is 5.92 Å². The first-order chi connectivity index (χ1) is 6.81. The van der Waals surface area contributed by atoms with Gasteiger partial charge in [-0.15, -0.1) is 0 Å². The Bertz CT molecular complexity index is 310. The Balaban J connectivity index is 2.04. The summed E-state index contributed by atoms with van der Waals surface area (Å²) in [5.74, 6) is 4.13. The highest BCUT2D eigenvalue weighted by molar-refractivity contribution is 9.10. The van der Waals surface area contributed by atoms with Gasteiger partial charge in [0.1, 0.15) is 4.60 Å². The second-order valence-corrected chi connectivity index (χ2v) is 5.32. The highest BCUT2D eigenvalue weighted by atomic mass is 79.9. The van der Waals surface area contributed by atoms with Crippen molar-refractivity contribution in [2.75, 3.05) is 18.6 Å². The lowest BCUT2D eigenvalue weighted by Gasteiger charge is -2.09. The first-order valence-electron chi connectivity index (χ1n) is 4.64. The Kier molecular flexibility index (Phi) is 3.38. The molecule has 3 nitrogen and oxygen atoms in total. The zero-order valence-corrected chi connectivity index (χ0v) is 10.5. The number of hydrogen-bond donors (Lipinski definition) is 0. The summed E-state index contributed by atoms with van der Waals surface area (Å²) in [6, 6.07) is 0. The number of aromatic nitrogens is 2. The number of methoxy groups -OCH3 is 1. The van der Waals surface area contributed by atoms with Crippen molar-refractivity contribution in [2.45, 2.75) is 13.0 Å². The molecule has 2 rings (SSSR count). The number of rotatable bonds is 3. The van der Waals surface area contributed by atoms with Gasteiger partial charge in [0.05, 0.1) is 13.3 Å². The van der Waals surface area contributed by atoms with Gasteiger partial charge in [-0.2, -0.15) is 16.9 Å². The van der Waals surface area contributed by atoms with Crippen LogP contribution in [0.25, 0.3) is 0 Å². The molecule has 1 aromatic heterocycles. The van der Waals surface area contributed by atoms with Crippen LogP contribution in [0.2, 0.25) is 0 Å². The quantitative estimate of drug-likeness (QED) is 0.849. The van der Waals surface area contributed by atoms with Gasteiger partial charge in [-0.3, -0.25) is 4.68 Å². The number of halogens is 1. The van der Waals surface area contributed by atoms with E-state index in [1.54, 1.807) is 13.3 Å². The predicted molar refractivity (Wildman–Crippen MR) is 61.9 cm³/mol. The maximum Gasteiger partial charge on any atom is 0.171 e. The Morgan fingerprint density at radius 2 is 2.64 bits per heavy atom. The fourth-order valence-corrected chi connectivity index (χ4v) is 3.36. The SMILES string of the molecule is COc1cnn(CC2CCSC2)c1Br. The highest BCUT2D eigenvalue weighted by Crippen LogP contribution is 2.28. The average molecular weight is 277 g/mol. The van der Waals surface area contributed by atoms with Crippen LogP contribution in [-0.4, -0.2) is 28.4 Å². The van der Waals surface area contributed by atoms with Gasteiger partial charge in [0.2, 0.25) is 0 Å². The van der Waals surface area contributed by atoms with Gasteiger partial charge in [0.25, 0.3) is 0 Å². The standard InChI is InChI=1S/C9H13BrN2OS/c1-13-8-4-11-12(9(8)10)5-7-2-3-14-6-7/h4,7H,2-3,5-6H2,1H3. The van der Waals surface area contributed by atoms with Gasteiger partial charge >= 0.3 is 0 Å². The molecule has 0 aromatic carbocycles. The van der Waals surface area contributed by atoms with Gasteiger partial charge in [-0.05, 0) is 39.8 Å². The van der Waals surface area contributed by atoms with Gasteiger partial charge in [-0.1, -0.05) is 0 Å². The van der Waals surface area contributed by atoms with Gasteiger partial charge in [-0.25, -0.2) is 0 Å². The number of thioether (sulfide) groups is 1. The normalized spacial score (nSPS) is 21.4. The molecular weight excluding hydrogens is 264 g/mol. The van der Waals surface area contributed by atoms with Crippen LogP contribution in [-0.2, 0) is 6.54 Å². The van der Waals surface area contributed by atoms with Crippen LogP contribution in [0.1, 0.15) is 6.42 Å². The lowest BCUT2D eigenvalue weighted by Crippen LogP contribution is -2.11. The molecule has 0 N–H and O–H groups in total. The maximum atomic E-state index is 5.15. The fourth-order valence-electron chi connectivity index (χ4n) is 1.59. The Morgan fingerprint density at radius 3 is 3.21 bits per heavy atom. The van der Waals surface area contributed by atoms with E-state index in [9.17, 15) is 0 Å². The molecule has 0 radical (unpaired) electrons. The molecule has 0 bridgehead atoms. The molecule has 1 saturated heterocycles. The summed E-state index contributed by atoms with van der Waals surface area (Å²) in [5.41, 5.74) is 0. The molecule has 0 spiro atoms. The van der Waals surface area contributed by atoms with E-state index in [0.29, 0.717) is 0 Å². The molecule has 2 heterocycles. The van der Waals surface area contributed by atoms with Gasteiger partial charge < -0.3 is 4.74 Å². The van der Waals surface area contributed by atoms with Crippen molar-refractivity contribution < 1.29 is 4.74 Å². The Labute approximate surface area is 96.3 Å². The maximum absolute atomic E-state index is 5.15. The lowest BCUT2D eigenvalue weighted by atomic mass is 10.1. The van der Waals surface area contributed by atoms with E-state index in [2.05, 4.69) is 21.0 Å². The second kappa shape index (κ2) is 4.57. The monoisotopic (exact) mass is 276 g/mol. The molecule has 1 atom stereocenters. The van der Waals surface area contributed by atoms with E-state index in [-0.39, 0.29) is 0 Å². The summed E-state index contributed by atoms with van der Waals surface area (Å²) in [5, 5.41) is 4.29. The van der Waals surface area contributed by atoms with Crippen LogP contribution in [0.5, 0.6) is 5.75 Å². The lowest BCUT2D eigenvalue weighted by molar-refractivity contribution is 0.406. The molecule has 1 aliphatic rings. The topological polar surface area (TPSA) is 27.1 Å². The molecule has 1 aliphatic heterocycles. The average Bonchev–Trinajstić information content (AvgIpc) is 2.79. The van der Waals surface area contributed by atoms with E-state index in [1.165, 1.54) is 17.9 Å². The third kappa shape index (κ3) is 2.08. The number of ether oxygens (including phenoxy) is 1. The summed E-state index contributed by atoms with van der Waals surface area (Å²) in [4.78, 5) is 0. The molecule has 14 heavy (non-hydrogen) atoms.